The molecule has 0 unspecified atom stereocenters. The highest BCUT2D eigenvalue weighted by Crippen LogP contribution is 2.39. The molecule has 0 aromatic heterocycles. The van der Waals surface area contributed by atoms with Crippen molar-refractivity contribution in [2.24, 2.45) is 0 Å². The molecule has 0 saturated heterocycles. The molecule has 134 valence electrons. The molecule has 5 rings (SSSR count). The summed E-state index contributed by atoms with van der Waals surface area (Å²) in [6.07, 6.45) is 1.04. The minimum Gasteiger partial charge on any atom is -0.0622 e. The second kappa shape index (κ2) is 6.98. The van der Waals surface area contributed by atoms with Gasteiger partial charge in [0.2, 0.25) is 0 Å². The zero-order chi connectivity index (χ0) is 18.9. The van der Waals surface area contributed by atoms with E-state index < -0.39 is 0 Å². The number of benzene rings is 5. The Morgan fingerprint density at radius 2 is 0.857 bits per heavy atom. The highest BCUT2D eigenvalue weighted by atomic mass is 14.2. The van der Waals surface area contributed by atoms with Crippen LogP contribution in [0.15, 0.2) is 103 Å². The summed E-state index contributed by atoms with van der Waals surface area (Å²) in [6.45, 7) is 2.25. The third-order valence-corrected chi connectivity index (χ3v) is 5.68. The lowest BCUT2D eigenvalue weighted by atomic mass is 9.87. The average molecular weight is 358 g/mol. The van der Waals surface area contributed by atoms with Gasteiger partial charge in [-0.2, -0.15) is 0 Å². The largest absolute Gasteiger partial charge is 0.0622 e. The van der Waals surface area contributed by atoms with Gasteiger partial charge < -0.3 is 0 Å². The molecule has 0 atom stereocenters. The van der Waals surface area contributed by atoms with Crippen molar-refractivity contribution in [1.82, 2.24) is 0 Å². The van der Waals surface area contributed by atoms with Gasteiger partial charge in [-0.3, -0.25) is 0 Å². The summed E-state index contributed by atoms with van der Waals surface area (Å²) in [5.74, 6) is 0. The molecule has 0 saturated carbocycles. The summed E-state index contributed by atoms with van der Waals surface area (Å²) in [6, 6.07) is 37.2. The van der Waals surface area contributed by atoms with Crippen LogP contribution in [-0.4, -0.2) is 0 Å². The minimum absolute atomic E-state index is 1.04. The predicted molar refractivity (Wildman–Crippen MR) is 122 cm³/mol. The van der Waals surface area contributed by atoms with Crippen molar-refractivity contribution >= 4 is 21.5 Å². The molecular weight excluding hydrogens is 336 g/mol. The maximum absolute atomic E-state index is 2.27. The Morgan fingerprint density at radius 3 is 1.39 bits per heavy atom. The first-order chi connectivity index (χ1) is 13.9. The molecular formula is C28H22. The number of hydrogen-bond donors (Lipinski definition) is 0. The van der Waals surface area contributed by atoms with Gasteiger partial charge in [0.1, 0.15) is 0 Å². The van der Waals surface area contributed by atoms with Gasteiger partial charge in [-0.15, -0.1) is 0 Å². The molecule has 0 spiro atoms. The van der Waals surface area contributed by atoms with E-state index in [0.717, 1.165) is 6.42 Å². The van der Waals surface area contributed by atoms with Gasteiger partial charge >= 0.3 is 0 Å². The van der Waals surface area contributed by atoms with E-state index in [1.54, 1.807) is 0 Å². The Labute approximate surface area is 166 Å². The monoisotopic (exact) mass is 358 g/mol. The van der Waals surface area contributed by atoms with Crippen LogP contribution < -0.4 is 0 Å². The fourth-order valence-corrected chi connectivity index (χ4v) is 4.37. The quantitative estimate of drug-likeness (QED) is 0.288. The van der Waals surface area contributed by atoms with Crippen molar-refractivity contribution < 1.29 is 0 Å². The first-order valence-corrected chi connectivity index (χ1v) is 9.95. The Hall–Kier alpha value is -3.38. The van der Waals surface area contributed by atoms with Gasteiger partial charge in [0.25, 0.3) is 0 Å². The molecule has 5 aromatic carbocycles. The first-order valence-electron chi connectivity index (χ1n) is 9.95. The number of hydrogen-bond acceptors (Lipinski definition) is 0. The third-order valence-electron chi connectivity index (χ3n) is 5.68. The summed E-state index contributed by atoms with van der Waals surface area (Å²) in [5.41, 5.74) is 6.56. The van der Waals surface area contributed by atoms with Gasteiger partial charge in [-0.05, 0) is 55.8 Å². The topological polar surface area (TPSA) is 0 Å². The van der Waals surface area contributed by atoms with Crippen LogP contribution in [0.2, 0.25) is 0 Å². The van der Waals surface area contributed by atoms with Gasteiger partial charge in [0, 0.05) is 0 Å². The summed E-state index contributed by atoms with van der Waals surface area (Å²) >= 11 is 0. The van der Waals surface area contributed by atoms with E-state index in [9.17, 15) is 0 Å². The molecule has 0 fully saturated rings. The van der Waals surface area contributed by atoms with Crippen LogP contribution in [0.25, 0.3) is 43.8 Å². The van der Waals surface area contributed by atoms with E-state index in [4.69, 9.17) is 0 Å². The van der Waals surface area contributed by atoms with Crippen molar-refractivity contribution in [3.63, 3.8) is 0 Å². The number of aryl methyl sites for hydroxylation is 1. The van der Waals surface area contributed by atoms with E-state index in [0.29, 0.717) is 0 Å². The molecule has 28 heavy (non-hydrogen) atoms. The average Bonchev–Trinajstić information content (AvgIpc) is 2.78. The normalized spacial score (nSPS) is 11.2. The van der Waals surface area contributed by atoms with Gasteiger partial charge in [-0.25, -0.2) is 0 Å². The van der Waals surface area contributed by atoms with Crippen molar-refractivity contribution in [2.45, 2.75) is 13.3 Å². The second-order valence-electron chi connectivity index (χ2n) is 7.24. The fourth-order valence-electron chi connectivity index (χ4n) is 4.37. The maximum Gasteiger partial charge on any atom is -0.00266 e. The summed E-state index contributed by atoms with van der Waals surface area (Å²) < 4.78 is 0. The Bertz CT molecular complexity index is 1210. The van der Waals surface area contributed by atoms with Crippen LogP contribution in [0.5, 0.6) is 0 Å². The molecule has 0 amide bonds. The van der Waals surface area contributed by atoms with E-state index in [2.05, 4.69) is 110 Å². The van der Waals surface area contributed by atoms with E-state index >= 15 is 0 Å². The highest BCUT2D eigenvalue weighted by molar-refractivity contribution is 6.15. The predicted octanol–water partition coefficient (Wildman–Crippen LogP) is 7.89. The SMILES string of the molecule is CCc1c2ccccc2c(-c2ccc(-c3ccccc3)cc2)c2ccccc12. The van der Waals surface area contributed by atoms with Crippen molar-refractivity contribution in [2.75, 3.05) is 0 Å². The molecule has 0 N–H and O–H groups in total. The van der Waals surface area contributed by atoms with Crippen LogP contribution in [0.3, 0.4) is 0 Å². The first kappa shape index (κ1) is 16.8. The third kappa shape index (κ3) is 2.70. The molecule has 5 aromatic rings. The zero-order valence-corrected chi connectivity index (χ0v) is 16.0. The number of fused-ring (bicyclic) bond motifs is 2. The lowest BCUT2D eigenvalue weighted by molar-refractivity contribution is 1.18. The molecule has 0 radical (unpaired) electrons. The minimum atomic E-state index is 1.04. The van der Waals surface area contributed by atoms with Gasteiger partial charge in [-0.1, -0.05) is 110 Å². The van der Waals surface area contributed by atoms with E-state index in [1.807, 2.05) is 0 Å². The molecule has 0 aliphatic carbocycles. The molecule has 0 nitrogen and oxygen atoms in total. The van der Waals surface area contributed by atoms with Crippen molar-refractivity contribution in [1.29, 1.82) is 0 Å². The maximum atomic E-state index is 2.27. The van der Waals surface area contributed by atoms with Crippen LogP contribution in [-0.2, 0) is 6.42 Å². The van der Waals surface area contributed by atoms with Crippen molar-refractivity contribution in [3.05, 3.63) is 109 Å². The van der Waals surface area contributed by atoms with E-state index in [-0.39, 0.29) is 0 Å². The second-order valence-corrected chi connectivity index (χ2v) is 7.24. The summed E-state index contributed by atoms with van der Waals surface area (Å²) in [5, 5.41) is 5.41. The summed E-state index contributed by atoms with van der Waals surface area (Å²) in [7, 11) is 0. The number of rotatable bonds is 3. The zero-order valence-electron chi connectivity index (χ0n) is 16.0. The highest BCUT2D eigenvalue weighted by Gasteiger charge is 2.14. The lowest BCUT2D eigenvalue weighted by Crippen LogP contribution is -1.92. The molecule has 0 heteroatoms. The summed E-state index contributed by atoms with van der Waals surface area (Å²) in [4.78, 5) is 0. The molecule has 0 aliphatic rings. The standard InChI is InChI=1S/C28H22/c1-2-23-24-12-6-8-14-26(24)28(27-15-9-7-13-25(23)27)22-18-16-21(17-19-22)20-10-4-3-5-11-20/h3-19H,2H2,1H3. The molecule has 0 aliphatic heterocycles. The molecule has 0 bridgehead atoms. The fraction of sp³-hybridized carbons (Fsp3) is 0.0714. The Morgan fingerprint density at radius 1 is 0.429 bits per heavy atom. The van der Waals surface area contributed by atoms with Crippen LogP contribution in [0.4, 0.5) is 0 Å². The van der Waals surface area contributed by atoms with Crippen LogP contribution in [0, 0.1) is 0 Å². The Kier molecular flexibility index (Phi) is 4.18. The van der Waals surface area contributed by atoms with Crippen molar-refractivity contribution in [3.8, 4) is 22.3 Å². The van der Waals surface area contributed by atoms with E-state index in [1.165, 1.54) is 49.4 Å². The van der Waals surface area contributed by atoms with Gasteiger partial charge in [0.05, 0.1) is 0 Å². The van der Waals surface area contributed by atoms with Crippen LogP contribution in [0.1, 0.15) is 12.5 Å². The van der Waals surface area contributed by atoms with Gasteiger partial charge in [0.15, 0.2) is 0 Å². The Balaban J connectivity index is 1.78. The molecule has 0 heterocycles. The van der Waals surface area contributed by atoms with Crippen LogP contribution >= 0.6 is 0 Å². The smallest absolute Gasteiger partial charge is 0.00266 e. The lowest BCUT2D eigenvalue weighted by Gasteiger charge is -2.16.